The Balaban J connectivity index is 0.00000252. The minimum atomic E-state index is 0. The van der Waals surface area contributed by atoms with Gasteiger partial charge in [-0.1, -0.05) is 47.9 Å². The largest absolute Gasteiger partial charge is 2.00 e. The Labute approximate surface area is 228 Å². The van der Waals surface area contributed by atoms with Crippen LogP contribution >= 0.6 is 0 Å². The second kappa shape index (κ2) is 9.65. The molecule has 178 valence electrons. The number of hydrogen-bond acceptors (Lipinski definition) is 3. The molecule has 5 heteroatoms. The van der Waals surface area contributed by atoms with Crippen LogP contribution in [0.4, 0.5) is 0 Å². The van der Waals surface area contributed by atoms with Crippen molar-refractivity contribution in [2.45, 2.75) is 0 Å². The van der Waals surface area contributed by atoms with Gasteiger partial charge in [0.05, 0.1) is 5.52 Å². The Morgan fingerprint density at radius 1 is 0.649 bits per heavy atom. The zero-order valence-corrected chi connectivity index (χ0v) is 21.8. The molecule has 0 N–H and O–H groups in total. The number of rotatable bonds is 4. The Morgan fingerprint density at radius 3 is 2.41 bits per heavy atom. The van der Waals surface area contributed by atoms with Gasteiger partial charge in [0, 0.05) is 28.9 Å². The molecular formula is C32H19N3OPt. The molecule has 0 spiro atoms. The molecule has 0 fully saturated rings. The van der Waals surface area contributed by atoms with Crippen molar-refractivity contribution in [3.8, 4) is 28.6 Å². The predicted molar refractivity (Wildman–Crippen MR) is 144 cm³/mol. The van der Waals surface area contributed by atoms with Gasteiger partial charge in [0.2, 0.25) is 5.88 Å². The summed E-state index contributed by atoms with van der Waals surface area (Å²) in [4.78, 5) is 9.24. The fourth-order valence-corrected chi connectivity index (χ4v) is 4.66. The van der Waals surface area contributed by atoms with Crippen molar-refractivity contribution in [3.05, 3.63) is 128 Å². The fourth-order valence-electron chi connectivity index (χ4n) is 4.66. The fraction of sp³-hybridized carbons (Fsp3) is 0. The molecule has 7 rings (SSSR count). The molecule has 37 heavy (non-hydrogen) atoms. The van der Waals surface area contributed by atoms with Crippen LogP contribution in [0.25, 0.3) is 49.7 Å². The number of pyridine rings is 2. The molecule has 0 saturated heterocycles. The van der Waals surface area contributed by atoms with Crippen molar-refractivity contribution in [1.29, 1.82) is 0 Å². The van der Waals surface area contributed by atoms with Gasteiger partial charge >= 0.3 is 21.1 Å². The maximum absolute atomic E-state index is 6.08. The van der Waals surface area contributed by atoms with Gasteiger partial charge in [-0.2, -0.15) is 24.3 Å². The van der Waals surface area contributed by atoms with Crippen LogP contribution in [-0.4, -0.2) is 14.5 Å². The van der Waals surface area contributed by atoms with Crippen LogP contribution in [-0.2, 0) is 21.1 Å². The first-order valence-electron chi connectivity index (χ1n) is 11.8. The van der Waals surface area contributed by atoms with Crippen LogP contribution in [0.1, 0.15) is 0 Å². The maximum Gasteiger partial charge on any atom is 2.00 e. The summed E-state index contributed by atoms with van der Waals surface area (Å²) in [6, 6.07) is 43.4. The Bertz CT molecular complexity index is 1880. The summed E-state index contributed by atoms with van der Waals surface area (Å²) in [5, 5.41) is 3.38. The van der Waals surface area contributed by atoms with Crippen LogP contribution in [0.2, 0.25) is 0 Å². The summed E-state index contributed by atoms with van der Waals surface area (Å²) in [5.74, 6) is 2.01. The first-order valence-corrected chi connectivity index (χ1v) is 11.8. The van der Waals surface area contributed by atoms with Crippen molar-refractivity contribution >= 4 is 32.7 Å². The molecule has 0 unspecified atom stereocenters. The number of para-hydroxylation sites is 2. The van der Waals surface area contributed by atoms with Crippen LogP contribution in [0.3, 0.4) is 0 Å². The molecule has 0 bridgehead atoms. The monoisotopic (exact) mass is 656 g/mol. The second-order valence-electron chi connectivity index (χ2n) is 8.55. The predicted octanol–water partition coefficient (Wildman–Crippen LogP) is 7.78. The van der Waals surface area contributed by atoms with Crippen molar-refractivity contribution in [2.75, 3.05) is 0 Å². The molecule has 0 radical (unpaired) electrons. The molecule has 0 aliphatic heterocycles. The summed E-state index contributed by atoms with van der Waals surface area (Å²) in [6.45, 7) is 0. The summed E-state index contributed by atoms with van der Waals surface area (Å²) >= 11 is 0. The van der Waals surface area contributed by atoms with E-state index in [-0.39, 0.29) is 21.1 Å². The Morgan fingerprint density at radius 2 is 1.49 bits per heavy atom. The van der Waals surface area contributed by atoms with Crippen LogP contribution in [0.15, 0.2) is 115 Å². The molecule has 4 nitrogen and oxygen atoms in total. The summed E-state index contributed by atoms with van der Waals surface area (Å²) < 4.78 is 8.24. The van der Waals surface area contributed by atoms with Gasteiger partial charge in [0.1, 0.15) is 5.82 Å². The molecule has 0 aliphatic rings. The molecule has 7 aromatic rings. The van der Waals surface area contributed by atoms with Gasteiger partial charge in [-0.05, 0) is 41.2 Å². The third kappa shape index (κ3) is 4.20. The maximum atomic E-state index is 6.08. The molecule has 0 saturated carbocycles. The molecular weight excluding hydrogens is 637 g/mol. The quantitative estimate of drug-likeness (QED) is 0.182. The van der Waals surface area contributed by atoms with Gasteiger partial charge in [0.25, 0.3) is 0 Å². The molecule has 0 aliphatic carbocycles. The summed E-state index contributed by atoms with van der Waals surface area (Å²) in [5.41, 5.74) is 4.80. The van der Waals surface area contributed by atoms with Crippen molar-refractivity contribution in [3.63, 3.8) is 0 Å². The minimum Gasteiger partial charge on any atom is -0.460 e. The average Bonchev–Trinajstić information content (AvgIpc) is 3.27. The van der Waals surface area contributed by atoms with Gasteiger partial charge in [-0.3, -0.25) is 0 Å². The van der Waals surface area contributed by atoms with Gasteiger partial charge in [0.15, 0.2) is 0 Å². The van der Waals surface area contributed by atoms with E-state index >= 15 is 0 Å². The third-order valence-electron chi connectivity index (χ3n) is 6.31. The first kappa shape index (κ1) is 23.1. The topological polar surface area (TPSA) is 39.9 Å². The molecule has 0 amide bonds. The molecule has 0 atom stereocenters. The van der Waals surface area contributed by atoms with E-state index in [2.05, 4.69) is 63.1 Å². The average molecular weight is 657 g/mol. The number of ether oxygens (including phenoxy) is 1. The van der Waals surface area contributed by atoms with E-state index in [1.165, 1.54) is 5.39 Å². The number of aromatic nitrogens is 3. The van der Waals surface area contributed by atoms with Gasteiger partial charge in [-0.25, -0.2) is 21.1 Å². The van der Waals surface area contributed by atoms with Gasteiger partial charge in [-0.15, -0.1) is 18.2 Å². The van der Waals surface area contributed by atoms with E-state index in [1.54, 1.807) is 0 Å². The zero-order valence-electron chi connectivity index (χ0n) is 19.5. The smallest absolute Gasteiger partial charge is 0.460 e. The summed E-state index contributed by atoms with van der Waals surface area (Å²) in [7, 11) is 0. The Kier molecular flexibility index (Phi) is 6.03. The van der Waals surface area contributed by atoms with E-state index in [4.69, 9.17) is 4.74 Å². The Hall–Kier alpha value is -4.27. The molecule has 3 aromatic heterocycles. The van der Waals surface area contributed by atoms with Crippen molar-refractivity contribution in [1.82, 2.24) is 14.5 Å². The number of hydrogen-bond donors (Lipinski definition) is 0. The molecule has 3 heterocycles. The van der Waals surface area contributed by atoms with Crippen LogP contribution in [0, 0.1) is 12.1 Å². The van der Waals surface area contributed by atoms with E-state index < -0.39 is 0 Å². The minimum absolute atomic E-state index is 0. The second-order valence-corrected chi connectivity index (χ2v) is 8.55. The third-order valence-corrected chi connectivity index (χ3v) is 6.31. The van der Waals surface area contributed by atoms with E-state index in [1.807, 2.05) is 79.0 Å². The SMILES string of the molecule is [Pt+2].[c-]1c(Oc2ccc3ccccc3n2)cccc1-c1[c-]c2c(cc1)c1ccccc1n2-c1ccccn1. The first-order chi connectivity index (χ1) is 17.8. The molecule has 4 aromatic carbocycles. The van der Waals surface area contributed by atoms with E-state index in [0.29, 0.717) is 11.6 Å². The zero-order chi connectivity index (χ0) is 23.9. The van der Waals surface area contributed by atoms with Crippen molar-refractivity contribution < 1.29 is 25.8 Å². The normalized spacial score (nSPS) is 11.0. The van der Waals surface area contributed by atoms with Gasteiger partial charge < -0.3 is 9.30 Å². The summed E-state index contributed by atoms with van der Waals surface area (Å²) in [6.07, 6.45) is 1.81. The van der Waals surface area contributed by atoms with Crippen LogP contribution in [0.5, 0.6) is 11.6 Å². The number of benzene rings is 4. The van der Waals surface area contributed by atoms with E-state index in [9.17, 15) is 0 Å². The standard InChI is InChI=1S/C32H19N3O.Pt/c1-3-12-28-22(8-1)16-18-32(34-28)36-25-10-7-9-23(20-25)24-15-17-27-26-11-2-4-13-29(26)35(30(27)21-24)31-14-5-6-19-33-31;/h1-19H;/q-2;+2. The van der Waals surface area contributed by atoms with Crippen molar-refractivity contribution in [2.24, 2.45) is 0 Å². The number of nitrogens with zero attached hydrogens (tertiary/aromatic N) is 3. The van der Waals surface area contributed by atoms with Crippen LogP contribution < -0.4 is 4.74 Å². The number of fused-ring (bicyclic) bond motifs is 4. The van der Waals surface area contributed by atoms with E-state index in [0.717, 1.165) is 44.3 Å².